The van der Waals surface area contributed by atoms with Gasteiger partial charge in [0.25, 0.3) is 0 Å². The molecular weight excluding hydrogens is 438 g/mol. The summed E-state index contributed by atoms with van der Waals surface area (Å²) in [6, 6.07) is 10.9. The van der Waals surface area contributed by atoms with Gasteiger partial charge in [0.05, 0.1) is 0 Å². The van der Waals surface area contributed by atoms with Crippen LogP contribution in [0.5, 0.6) is 0 Å². The molecule has 2 unspecified atom stereocenters. The van der Waals surface area contributed by atoms with Gasteiger partial charge in [0.1, 0.15) is 0 Å². The Balaban J connectivity index is 0.000000401. The summed E-state index contributed by atoms with van der Waals surface area (Å²) in [5, 5.41) is 0. The number of halogens is 2. The van der Waals surface area contributed by atoms with Crippen LogP contribution in [0, 0.1) is 32.6 Å². The van der Waals surface area contributed by atoms with E-state index >= 15 is 0 Å². The van der Waals surface area contributed by atoms with E-state index in [2.05, 4.69) is 54.6 Å². The monoisotopic (exact) mass is 470 g/mol. The third-order valence-electron chi connectivity index (χ3n) is 5.29. The molecule has 0 amide bonds. The molecule has 0 spiro atoms. The average molecular weight is 473 g/mol. The van der Waals surface area contributed by atoms with Gasteiger partial charge < -0.3 is 14.9 Å². The predicted octanol–water partition coefficient (Wildman–Crippen LogP) is 8.23. The molecule has 26 heavy (non-hydrogen) atoms. The Labute approximate surface area is 181 Å². The Morgan fingerprint density at radius 1 is 0.769 bits per heavy atom. The van der Waals surface area contributed by atoms with Gasteiger partial charge in [0, 0.05) is 0 Å². The fraction of sp³-hybridized carbons (Fsp3) is 0.478. The van der Waals surface area contributed by atoms with E-state index in [1.165, 1.54) is 56.9 Å². The quantitative estimate of drug-likeness (QED) is 0.380. The van der Waals surface area contributed by atoms with Gasteiger partial charge in [-0.15, -0.1) is 0 Å². The molecule has 144 valence electrons. The molecule has 0 bridgehead atoms. The van der Waals surface area contributed by atoms with Crippen LogP contribution < -0.4 is 0 Å². The minimum Gasteiger partial charge on any atom is -0.0622 e. The third kappa shape index (κ3) is 9.91. The van der Waals surface area contributed by atoms with Gasteiger partial charge in [-0.05, 0) is 42.6 Å². The van der Waals surface area contributed by atoms with Gasteiger partial charge in [0.2, 0.25) is 0 Å². The maximum absolute atomic E-state index is 4.93. The summed E-state index contributed by atoms with van der Waals surface area (Å²) in [5.74, 6) is 2.78. The molecular formula is C23H34Cl2Zr. The molecule has 0 nitrogen and oxygen atoms in total. The SMILES string of the molecule is C1=CC2CCCC2C=C1.[CH3-].[CH3-].[Cl][Zr+2][Cl].c1ccc(CC2CCCC2)cc1. The van der Waals surface area contributed by atoms with E-state index < -0.39 is 20.8 Å². The van der Waals surface area contributed by atoms with Crippen LogP contribution in [0.2, 0.25) is 0 Å². The van der Waals surface area contributed by atoms with Crippen molar-refractivity contribution >= 4 is 17.0 Å². The minimum atomic E-state index is -0.826. The summed E-state index contributed by atoms with van der Waals surface area (Å²) in [7, 11) is 9.87. The number of hydrogen-bond acceptors (Lipinski definition) is 0. The Morgan fingerprint density at radius 3 is 1.77 bits per heavy atom. The van der Waals surface area contributed by atoms with Crippen molar-refractivity contribution in [3.05, 3.63) is 75.1 Å². The molecule has 3 heteroatoms. The maximum atomic E-state index is 4.93. The fourth-order valence-corrected chi connectivity index (χ4v) is 4.07. The van der Waals surface area contributed by atoms with Crippen LogP contribution >= 0.6 is 17.0 Å². The molecule has 2 fully saturated rings. The van der Waals surface area contributed by atoms with Crippen molar-refractivity contribution < 1.29 is 20.8 Å². The Hall–Kier alpha value is 0.163. The second-order valence-electron chi connectivity index (χ2n) is 6.94. The Morgan fingerprint density at radius 2 is 1.27 bits per heavy atom. The fourth-order valence-electron chi connectivity index (χ4n) is 4.07. The van der Waals surface area contributed by atoms with E-state index in [1.54, 1.807) is 0 Å². The summed E-state index contributed by atoms with van der Waals surface area (Å²) in [4.78, 5) is 0. The van der Waals surface area contributed by atoms with Gasteiger partial charge in [-0.25, -0.2) is 0 Å². The van der Waals surface area contributed by atoms with Crippen LogP contribution in [0.1, 0.15) is 50.5 Å². The smallest absolute Gasteiger partial charge is 0.0250 e. The van der Waals surface area contributed by atoms with Crippen molar-refractivity contribution in [1.82, 2.24) is 0 Å². The zero-order valence-corrected chi connectivity index (χ0v) is 20.3. The number of benzene rings is 1. The topological polar surface area (TPSA) is 0 Å². The van der Waals surface area contributed by atoms with Crippen molar-refractivity contribution in [1.29, 1.82) is 0 Å². The molecule has 2 atom stereocenters. The van der Waals surface area contributed by atoms with Crippen LogP contribution in [0.4, 0.5) is 0 Å². The first kappa shape index (κ1) is 26.2. The number of allylic oxidation sites excluding steroid dienone is 4. The summed E-state index contributed by atoms with van der Waals surface area (Å²) in [6.07, 6.45) is 20.5. The van der Waals surface area contributed by atoms with E-state index in [1.807, 2.05) is 0 Å². The predicted molar refractivity (Wildman–Crippen MR) is 116 cm³/mol. The first-order valence-electron chi connectivity index (χ1n) is 9.18. The summed E-state index contributed by atoms with van der Waals surface area (Å²) >= 11 is -0.826. The number of hydrogen-bond donors (Lipinski definition) is 0. The van der Waals surface area contributed by atoms with Crippen molar-refractivity contribution in [2.45, 2.75) is 51.4 Å². The first-order valence-corrected chi connectivity index (χ1v) is 15.5. The molecule has 0 saturated heterocycles. The molecule has 1 aromatic rings. The van der Waals surface area contributed by atoms with Gasteiger partial charge in [-0.1, -0.05) is 86.7 Å². The summed E-state index contributed by atoms with van der Waals surface area (Å²) in [5.41, 5.74) is 1.52. The van der Waals surface area contributed by atoms with E-state index in [-0.39, 0.29) is 14.9 Å². The molecule has 0 radical (unpaired) electrons. The normalized spacial score (nSPS) is 22.4. The Bertz CT molecular complexity index is 474. The van der Waals surface area contributed by atoms with E-state index in [4.69, 9.17) is 17.0 Å². The van der Waals surface area contributed by atoms with E-state index in [0.29, 0.717) is 0 Å². The van der Waals surface area contributed by atoms with Crippen molar-refractivity contribution in [2.24, 2.45) is 17.8 Å². The Kier molecular flexibility index (Phi) is 16.2. The van der Waals surface area contributed by atoms with Crippen LogP contribution in [-0.2, 0) is 27.3 Å². The van der Waals surface area contributed by atoms with Crippen LogP contribution in [0.25, 0.3) is 0 Å². The molecule has 0 heterocycles. The number of fused-ring (bicyclic) bond motifs is 1. The maximum Gasteiger partial charge on any atom is -0.0250 e. The zero-order chi connectivity index (χ0) is 17.0. The standard InChI is InChI=1S/C12H16.C9H12.2CH3.2ClH.Zr/c1-2-6-11(7-3-1)10-12-8-4-5-9-12;1-2-5-9-7-3-6-8(9)4-1;;;;;/h1-3,6-7,12H,4-5,8-10H2;1-2,4-5,8-9H,3,6-7H2;2*1H3;2*1H;/q;;2*-1;;;+4/p-2. The van der Waals surface area contributed by atoms with Gasteiger partial charge in [0.15, 0.2) is 0 Å². The van der Waals surface area contributed by atoms with Crippen molar-refractivity contribution in [3.8, 4) is 0 Å². The van der Waals surface area contributed by atoms with Gasteiger partial charge >= 0.3 is 37.9 Å². The van der Waals surface area contributed by atoms with Gasteiger partial charge in [-0.3, -0.25) is 0 Å². The first-order chi connectivity index (χ1) is 11.8. The van der Waals surface area contributed by atoms with E-state index in [0.717, 1.165) is 17.8 Å². The molecule has 3 aliphatic rings. The minimum absolute atomic E-state index is 0. The van der Waals surface area contributed by atoms with E-state index in [9.17, 15) is 0 Å². The summed E-state index contributed by atoms with van der Waals surface area (Å²) < 4.78 is 0. The molecule has 4 rings (SSSR count). The van der Waals surface area contributed by atoms with Crippen LogP contribution in [0.15, 0.2) is 54.6 Å². The number of rotatable bonds is 2. The molecule has 0 aromatic heterocycles. The zero-order valence-electron chi connectivity index (χ0n) is 16.3. The second kappa shape index (κ2) is 16.1. The van der Waals surface area contributed by atoms with Gasteiger partial charge in [-0.2, -0.15) is 0 Å². The largest absolute Gasteiger partial charge is 0.0622 e. The van der Waals surface area contributed by atoms with Crippen LogP contribution in [-0.4, -0.2) is 0 Å². The average Bonchev–Trinajstić information content (AvgIpc) is 3.28. The van der Waals surface area contributed by atoms with Crippen LogP contribution in [0.3, 0.4) is 0 Å². The molecule has 0 N–H and O–H groups in total. The van der Waals surface area contributed by atoms with Crippen molar-refractivity contribution in [3.63, 3.8) is 0 Å². The molecule has 2 saturated carbocycles. The molecule has 0 aliphatic heterocycles. The molecule has 3 aliphatic carbocycles. The molecule has 1 aromatic carbocycles. The van der Waals surface area contributed by atoms with Crippen molar-refractivity contribution in [2.75, 3.05) is 0 Å². The second-order valence-corrected chi connectivity index (χ2v) is 10.7. The third-order valence-corrected chi connectivity index (χ3v) is 5.29. The summed E-state index contributed by atoms with van der Waals surface area (Å²) in [6.45, 7) is 0.